The summed E-state index contributed by atoms with van der Waals surface area (Å²) in [4.78, 5) is 32.6. The van der Waals surface area contributed by atoms with Crippen molar-refractivity contribution < 1.29 is 14.0 Å². The highest BCUT2D eigenvalue weighted by atomic mass is 19.1. The van der Waals surface area contributed by atoms with E-state index in [1.54, 1.807) is 0 Å². The van der Waals surface area contributed by atoms with Crippen molar-refractivity contribution in [2.24, 2.45) is 11.6 Å². The molecule has 0 saturated carbocycles. The summed E-state index contributed by atoms with van der Waals surface area (Å²) in [6.07, 6.45) is 5.06. The lowest BCUT2D eigenvalue weighted by molar-refractivity contribution is -0.129. The van der Waals surface area contributed by atoms with Gasteiger partial charge in [-0.05, 0) is 17.6 Å². The van der Waals surface area contributed by atoms with Gasteiger partial charge in [-0.15, -0.1) is 0 Å². The van der Waals surface area contributed by atoms with E-state index < -0.39 is 17.5 Å². The topological polar surface area (TPSA) is 157 Å². The van der Waals surface area contributed by atoms with Crippen LogP contribution in [0.5, 0.6) is 0 Å². The zero-order valence-electron chi connectivity index (χ0n) is 18.0. The minimum atomic E-state index is -0.899. The summed E-state index contributed by atoms with van der Waals surface area (Å²) in [6.45, 7) is 0.397. The van der Waals surface area contributed by atoms with E-state index in [0.717, 1.165) is 22.3 Å². The molecule has 1 saturated heterocycles. The van der Waals surface area contributed by atoms with Crippen LogP contribution in [0, 0.1) is 17.1 Å². The number of nitrogens with zero attached hydrogens (tertiary/aromatic N) is 4. The highest BCUT2D eigenvalue weighted by Crippen LogP contribution is 2.29. The van der Waals surface area contributed by atoms with E-state index in [-0.39, 0.29) is 35.4 Å². The Morgan fingerprint density at radius 2 is 2.06 bits per heavy atom. The van der Waals surface area contributed by atoms with Gasteiger partial charge in [-0.1, -0.05) is 30.3 Å². The predicted octanol–water partition coefficient (Wildman–Crippen LogP) is 1.71. The van der Waals surface area contributed by atoms with Crippen molar-refractivity contribution in [3.63, 3.8) is 0 Å². The van der Waals surface area contributed by atoms with Gasteiger partial charge in [-0.2, -0.15) is 5.26 Å². The molecule has 1 aliphatic rings. The fourth-order valence-corrected chi connectivity index (χ4v) is 3.81. The molecule has 6 N–H and O–H groups in total. The first-order valence-corrected chi connectivity index (χ1v) is 10.3. The number of aromatic amines is 1. The SMILES string of the molecule is N#C/C(=C1\CCN(C(=O)C(=O)c2c[nH]c3c(N(N)/C=C\N)ncc(F)c23)NC1)c1ccccc1. The summed E-state index contributed by atoms with van der Waals surface area (Å²) in [7, 11) is 0. The molecule has 172 valence electrons. The van der Waals surface area contributed by atoms with Gasteiger partial charge in [0.25, 0.3) is 5.78 Å². The summed E-state index contributed by atoms with van der Waals surface area (Å²) >= 11 is 0. The van der Waals surface area contributed by atoms with Crippen molar-refractivity contribution in [2.75, 3.05) is 18.1 Å². The van der Waals surface area contributed by atoms with E-state index in [1.807, 2.05) is 30.3 Å². The number of benzene rings is 1. The number of carbonyl (C=O) groups excluding carboxylic acids is 2. The average molecular weight is 460 g/mol. The summed E-state index contributed by atoms with van der Waals surface area (Å²) in [6, 6.07) is 11.4. The van der Waals surface area contributed by atoms with Crippen molar-refractivity contribution in [1.82, 2.24) is 20.4 Å². The largest absolute Gasteiger partial charge is 0.403 e. The van der Waals surface area contributed by atoms with E-state index in [2.05, 4.69) is 21.5 Å². The number of pyridine rings is 1. The number of rotatable bonds is 5. The number of ketones is 1. The van der Waals surface area contributed by atoms with Crippen LogP contribution >= 0.6 is 0 Å². The van der Waals surface area contributed by atoms with Crippen molar-refractivity contribution in [2.45, 2.75) is 6.42 Å². The zero-order chi connectivity index (χ0) is 24.2. The van der Waals surface area contributed by atoms with Gasteiger partial charge in [0, 0.05) is 31.7 Å². The molecule has 1 fully saturated rings. The van der Waals surface area contributed by atoms with E-state index >= 15 is 0 Å². The van der Waals surface area contributed by atoms with E-state index in [4.69, 9.17) is 11.6 Å². The Morgan fingerprint density at radius 3 is 2.71 bits per heavy atom. The van der Waals surface area contributed by atoms with E-state index in [0.29, 0.717) is 12.0 Å². The molecule has 1 amide bonds. The normalized spacial score (nSPS) is 15.4. The van der Waals surface area contributed by atoms with Gasteiger partial charge in [0.05, 0.1) is 34.3 Å². The third-order valence-corrected chi connectivity index (χ3v) is 5.47. The minimum Gasteiger partial charge on any atom is -0.403 e. The van der Waals surface area contributed by atoms with Crippen LogP contribution in [0.4, 0.5) is 10.2 Å². The molecule has 34 heavy (non-hydrogen) atoms. The number of H-pyrrole nitrogens is 1. The molecular formula is C23H21FN8O2. The maximum Gasteiger partial charge on any atom is 0.309 e. The standard InChI is InChI=1S/C23H21FN8O2/c24-18-13-29-22(31(27)9-7-25)20-19(18)17(12-28-20)21(33)23(34)32-8-6-15(11-30-32)16(10-26)14-4-2-1-3-5-14/h1-5,7,9,12-13,28,30H,6,8,11,25,27H2/b9-7-,16-15-. The summed E-state index contributed by atoms with van der Waals surface area (Å²) in [5.41, 5.74) is 10.4. The van der Waals surface area contributed by atoms with Gasteiger partial charge >= 0.3 is 5.91 Å². The Bertz CT molecular complexity index is 1350. The summed E-state index contributed by atoms with van der Waals surface area (Å²) in [5.74, 6) is 3.44. The molecule has 2 aromatic heterocycles. The molecule has 0 unspecified atom stereocenters. The third-order valence-electron chi connectivity index (χ3n) is 5.47. The number of hydrazine groups is 2. The molecule has 10 nitrogen and oxygen atoms in total. The number of anilines is 1. The quantitative estimate of drug-likeness (QED) is 0.147. The van der Waals surface area contributed by atoms with Crippen LogP contribution < -0.4 is 22.0 Å². The summed E-state index contributed by atoms with van der Waals surface area (Å²) in [5, 5.41) is 11.7. The second-order valence-electron chi connectivity index (χ2n) is 7.46. The van der Waals surface area contributed by atoms with Crippen molar-refractivity contribution in [3.8, 4) is 6.07 Å². The number of allylic oxidation sites excluding steroid dienone is 1. The molecule has 0 bridgehead atoms. The van der Waals surface area contributed by atoms with Crippen LogP contribution in [0.2, 0.25) is 0 Å². The van der Waals surface area contributed by atoms with Gasteiger partial charge in [0.15, 0.2) is 11.6 Å². The van der Waals surface area contributed by atoms with Crippen molar-refractivity contribution in [3.05, 3.63) is 77.6 Å². The molecule has 0 radical (unpaired) electrons. The number of amides is 1. The van der Waals surface area contributed by atoms with Gasteiger partial charge in [-0.3, -0.25) is 19.6 Å². The third kappa shape index (κ3) is 4.11. The Kier molecular flexibility index (Phi) is 6.35. The molecule has 0 spiro atoms. The van der Waals surface area contributed by atoms with Crippen LogP contribution in [0.3, 0.4) is 0 Å². The minimum absolute atomic E-state index is 0.0994. The monoisotopic (exact) mass is 460 g/mol. The maximum absolute atomic E-state index is 14.6. The maximum atomic E-state index is 14.6. The zero-order valence-corrected chi connectivity index (χ0v) is 18.0. The van der Waals surface area contributed by atoms with Crippen molar-refractivity contribution in [1.29, 1.82) is 5.26 Å². The number of halogens is 1. The molecule has 3 heterocycles. The fourth-order valence-electron chi connectivity index (χ4n) is 3.81. The number of hydrogen-bond acceptors (Lipinski definition) is 8. The number of Topliss-reactive ketones (excluding diaryl/α,β-unsaturated/α-hetero) is 1. The van der Waals surface area contributed by atoms with Gasteiger partial charge < -0.3 is 10.7 Å². The Morgan fingerprint density at radius 1 is 1.29 bits per heavy atom. The Hall–Kier alpha value is -4.53. The number of nitriles is 1. The lowest BCUT2D eigenvalue weighted by Gasteiger charge is -2.29. The predicted molar refractivity (Wildman–Crippen MR) is 124 cm³/mol. The van der Waals surface area contributed by atoms with Crippen LogP contribution in [-0.2, 0) is 4.79 Å². The van der Waals surface area contributed by atoms with Gasteiger partial charge in [-0.25, -0.2) is 20.6 Å². The highest BCUT2D eigenvalue weighted by Gasteiger charge is 2.30. The molecule has 3 aromatic rings. The second kappa shape index (κ2) is 9.53. The molecule has 4 rings (SSSR count). The summed E-state index contributed by atoms with van der Waals surface area (Å²) < 4.78 is 14.6. The number of aromatic nitrogens is 2. The first-order chi connectivity index (χ1) is 16.5. The van der Waals surface area contributed by atoms with Gasteiger partial charge in [0.2, 0.25) is 0 Å². The smallest absolute Gasteiger partial charge is 0.309 e. The number of nitrogens with one attached hydrogen (secondary N) is 2. The molecule has 1 aromatic carbocycles. The van der Waals surface area contributed by atoms with Crippen molar-refractivity contribution >= 4 is 34.0 Å². The average Bonchev–Trinajstić information content (AvgIpc) is 3.31. The second-order valence-corrected chi connectivity index (χ2v) is 7.46. The number of hydrogen-bond donors (Lipinski definition) is 4. The van der Waals surface area contributed by atoms with Crippen LogP contribution in [0.1, 0.15) is 22.3 Å². The van der Waals surface area contributed by atoms with Crippen LogP contribution in [0.25, 0.3) is 16.5 Å². The van der Waals surface area contributed by atoms with E-state index in [9.17, 15) is 19.2 Å². The number of fused-ring (bicyclic) bond motifs is 1. The van der Waals surface area contributed by atoms with Crippen LogP contribution in [-0.4, -0.2) is 39.8 Å². The molecule has 1 aliphatic heterocycles. The molecule has 0 atom stereocenters. The fraction of sp³-hybridized carbons (Fsp3) is 0.130. The first kappa shape index (κ1) is 22.7. The Balaban J connectivity index is 1.56. The lowest BCUT2D eigenvalue weighted by atomic mass is 9.97. The van der Waals surface area contributed by atoms with Crippen LogP contribution in [0.15, 0.2) is 60.7 Å². The van der Waals surface area contributed by atoms with E-state index in [1.165, 1.54) is 23.6 Å². The first-order valence-electron chi connectivity index (χ1n) is 10.3. The molecule has 11 heteroatoms. The highest BCUT2D eigenvalue weighted by molar-refractivity contribution is 6.45. The molecular weight excluding hydrogens is 439 g/mol. The lowest BCUT2D eigenvalue weighted by Crippen LogP contribution is -2.50. The number of nitrogens with two attached hydrogens (primary N) is 2. The number of carbonyl (C=O) groups is 2. The molecule has 0 aliphatic carbocycles. The Labute approximate surface area is 193 Å². The van der Waals surface area contributed by atoms with Gasteiger partial charge in [0.1, 0.15) is 0 Å².